The number of halogens is 2. The minimum absolute atomic E-state index is 0.00458. The van der Waals surface area contributed by atoms with Gasteiger partial charge in [-0.05, 0) is 18.2 Å². The van der Waals surface area contributed by atoms with Crippen LogP contribution in [-0.2, 0) is 17.8 Å². The van der Waals surface area contributed by atoms with Gasteiger partial charge in [-0.3, -0.25) is 9.59 Å². The predicted octanol–water partition coefficient (Wildman–Crippen LogP) is 2.14. The molecule has 0 fully saturated rings. The maximum Gasteiger partial charge on any atom is 0.308 e. The Morgan fingerprint density at radius 1 is 1.14 bits per heavy atom. The van der Waals surface area contributed by atoms with Gasteiger partial charge in [-0.1, -0.05) is 12.1 Å². The first kappa shape index (κ1) is 18.4. The molecule has 0 aliphatic heterocycles. The number of hydrogen-bond acceptors (Lipinski definition) is 5. The number of carboxylic acids is 1. The highest BCUT2D eigenvalue weighted by molar-refractivity contribution is 5.89. The zero-order valence-electron chi connectivity index (χ0n) is 14.8. The number of nitrogens with one attached hydrogen (secondary N) is 1. The third kappa shape index (κ3) is 3.47. The van der Waals surface area contributed by atoms with Crippen molar-refractivity contribution in [1.29, 1.82) is 0 Å². The summed E-state index contributed by atoms with van der Waals surface area (Å²) in [4.78, 5) is 33.9. The standard InChI is InChI=1S/C19H13F2N5O3/c20-13-5-1-3-10(15(13)21)9-26-18-12(4-2-6-22-18)16(25-26)17-23-8-11(7-14(27)28)19(29)24-17/h1-6,8H,7,9H2,(H,27,28)(H,23,24,29). The Kier molecular flexibility index (Phi) is 4.59. The van der Waals surface area contributed by atoms with Crippen LogP contribution in [0.1, 0.15) is 11.1 Å². The molecule has 3 aromatic heterocycles. The first-order chi connectivity index (χ1) is 13.9. The molecule has 0 saturated carbocycles. The molecule has 146 valence electrons. The molecular weight excluding hydrogens is 384 g/mol. The number of nitrogens with zero attached hydrogens (tertiary/aromatic N) is 4. The minimum atomic E-state index is -1.15. The molecule has 0 saturated heterocycles. The molecule has 2 N–H and O–H groups in total. The van der Waals surface area contributed by atoms with Crippen LogP contribution in [0.15, 0.2) is 47.5 Å². The van der Waals surface area contributed by atoms with E-state index in [1.807, 2.05) is 0 Å². The Labute approximate surface area is 161 Å². The number of rotatable bonds is 5. The number of carbonyl (C=O) groups is 1. The Morgan fingerprint density at radius 2 is 1.97 bits per heavy atom. The summed E-state index contributed by atoms with van der Waals surface area (Å²) in [7, 11) is 0. The third-order valence-corrected chi connectivity index (χ3v) is 4.30. The van der Waals surface area contributed by atoms with E-state index in [1.165, 1.54) is 29.2 Å². The van der Waals surface area contributed by atoms with Crippen molar-refractivity contribution in [2.24, 2.45) is 0 Å². The fourth-order valence-electron chi connectivity index (χ4n) is 2.96. The Bertz CT molecular complexity index is 1300. The number of carboxylic acid groups (broad SMARTS) is 1. The van der Waals surface area contributed by atoms with E-state index in [2.05, 4.69) is 20.1 Å². The SMILES string of the molecule is O=C(O)Cc1cnc(-c2nn(Cc3cccc(F)c3F)c3ncccc23)[nH]c1=O. The van der Waals surface area contributed by atoms with Gasteiger partial charge in [0, 0.05) is 23.5 Å². The predicted molar refractivity (Wildman–Crippen MR) is 98.2 cm³/mol. The zero-order chi connectivity index (χ0) is 20.5. The van der Waals surface area contributed by atoms with Gasteiger partial charge in [0.1, 0.15) is 5.69 Å². The second kappa shape index (κ2) is 7.23. The van der Waals surface area contributed by atoms with Crippen molar-refractivity contribution >= 4 is 17.0 Å². The van der Waals surface area contributed by atoms with E-state index in [1.54, 1.807) is 12.1 Å². The van der Waals surface area contributed by atoms with Crippen LogP contribution in [0.5, 0.6) is 0 Å². The van der Waals surface area contributed by atoms with E-state index < -0.39 is 29.6 Å². The molecule has 0 aliphatic carbocycles. The lowest BCUT2D eigenvalue weighted by Gasteiger charge is -2.05. The molecule has 0 radical (unpaired) electrons. The van der Waals surface area contributed by atoms with Crippen LogP contribution in [0.4, 0.5) is 8.78 Å². The summed E-state index contributed by atoms with van der Waals surface area (Å²) in [6, 6.07) is 7.23. The second-order valence-electron chi connectivity index (χ2n) is 6.25. The third-order valence-electron chi connectivity index (χ3n) is 4.30. The highest BCUT2D eigenvalue weighted by Crippen LogP contribution is 2.25. The second-order valence-corrected chi connectivity index (χ2v) is 6.25. The Hall–Kier alpha value is -3.95. The van der Waals surface area contributed by atoms with Crippen LogP contribution in [0.25, 0.3) is 22.6 Å². The smallest absolute Gasteiger partial charge is 0.308 e. The minimum Gasteiger partial charge on any atom is -0.481 e. The first-order valence-corrected chi connectivity index (χ1v) is 8.49. The van der Waals surface area contributed by atoms with Crippen molar-refractivity contribution in [2.75, 3.05) is 0 Å². The number of fused-ring (bicyclic) bond motifs is 1. The molecule has 0 spiro atoms. The number of aromatic nitrogens is 5. The highest BCUT2D eigenvalue weighted by Gasteiger charge is 2.18. The summed E-state index contributed by atoms with van der Waals surface area (Å²) in [5.74, 6) is -2.98. The molecule has 0 bridgehead atoms. The number of aromatic amines is 1. The summed E-state index contributed by atoms with van der Waals surface area (Å²) < 4.78 is 29.0. The van der Waals surface area contributed by atoms with Crippen molar-refractivity contribution in [1.82, 2.24) is 24.7 Å². The molecule has 29 heavy (non-hydrogen) atoms. The van der Waals surface area contributed by atoms with Crippen molar-refractivity contribution in [3.8, 4) is 11.5 Å². The van der Waals surface area contributed by atoms with Crippen LogP contribution in [0.3, 0.4) is 0 Å². The lowest BCUT2D eigenvalue weighted by molar-refractivity contribution is -0.136. The van der Waals surface area contributed by atoms with E-state index in [0.717, 1.165) is 6.07 Å². The van der Waals surface area contributed by atoms with Gasteiger partial charge in [-0.25, -0.2) is 23.4 Å². The number of H-pyrrole nitrogens is 1. The van der Waals surface area contributed by atoms with Crippen molar-refractivity contribution in [3.63, 3.8) is 0 Å². The lowest BCUT2D eigenvalue weighted by Crippen LogP contribution is -2.17. The van der Waals surface area contributed by atoms with Crippen LogP contribution < -0.4 is 5.56 Å². The summed E-state index contributed by atoms with van der Waals surface area (Å²) >= 11 is 0. The molecule has 1 aromatic carbocycles. The van der Waals surface area contributed by atoms with Gasteiger partial charge in [-0.2, -0.15) is 5.10 Å². The summed E-state index contributed by atoms with van der Waals surface area (Å²) in [6.07, 6.45) is 2.24. The maximum atomic E-state index is 14.1. The maximum absolute atomic E-state index is 14.1. The summed E-state index contributed by atoms with van der Waals surface area (Å²) in [6.45, 7) is -0.0849. The molecule has 8 nitrogen and oxygen atoms in total. The first-order valence-electron chi connectivity index (χ1n) is 8.49. The molecule has 4 aromatic rings. The molecule has 0 atom stereocenters. The van der Waals surface area contributed by atoms with Crippen LogP contribution >= 0.6 is 0 Å². The highest BCUT2D eigenvalue weighted by atomic mass is 19.2. The number of pyridine rings is 1. The van der Waals surface area contributed by atoms with Crippen molar-refractivity contribution in [2.45, 2.75) is 13.0 Å². The number of benzene rings is 1. The fourth-order valence-corrected chi connectivity index (χ4v) is 2.96. The lowest BCUT2D eigenvalue weighted by atomic mass is 10.2. The van der Waals surface area contributed by atoms with Crippen LogP contribution in [0.2, 0.25) is 0 Å². The topological polar surface area (TPSA) is 114 Å². The molecule has 0 unspecified atom stereocenters. The van der Waals surface area contributed by atoms with E-state index in [4.69, 9.17) is 5.11 Å². The quantitative estimate of drug-likeness (QED) is 0.533. The van der Waals surface area contributed by atoms with Gasteiger partial charge >= 0.3 is 5.97 Å². The Morgan fingerprint density at radius 3 is 2.72 bits per heavy atom. The van der Waals surface area contributed by atoms with E-state index in [9.17, 15) is 18.4 Å². The Balaban J connectivity index is 1.81. The molecule has 3 heterocycles. The van der Waals surface area contributed by atoms with Gasteiger partial charge in [-0.15, -0.1) is 0 Å². The largest absolute Gasteiger partial charge is 0.481 e. The van der Waals surface area contributed by atoms with Gasteiger partial charge in [0.2, 0.25) is 0 Å². The van der Waals surface area contributed by atoms with Crippen LogP contribution in [0, 0.1) is 11.6 Å². The monoisotopic (exact) mass is 397 g/mol. The van der Waals surface area contributed by atoms with Crippen molar-refractivity contribution in [3.05, 3.63) is 75.8 Å². The number of hydrogen-bond donors (Lipinski definition) is 2. The number of aliphatic carboxylic acids is 1. The average Bonchev–Trinajstić information content (AvgIpc) is 3.05. The molecular formula is C19H13F2N5O3. The van der Waals surface area contributed by atoms with Gasteiger partial charge < -0.3 is 10.1 Å². The van der Waals surface area contributed by atoms with Crippen LogP contribution in [-0.4, -0.2) is 35.8 Å². The van der Waals surface area contributed by atoms with E-state index in [-0.39, 0.29) is 29.2 Å². The zero-order valence-corrected chi connectivity index (χ0v) is 14.8. The van der Waals surface area contributed by atoms with Gasteiger partial charge in [0.25, 0.3) is 5.56 Å². The normalized spacial score (nSPS) is 11.1. The summed E-state index contributed by atoms with van der Waals surface area (Å²) in [5, 5.41) is 13.8. The van der Waals surface area contributed by atoms with Crippen molar-refractivity contribution < 1.29 is 18.7 Å². The molecule has 0 amide bonds. The molecule has 4 rings (SSSR count). The van der Waals surface area contributed by atoms with E-state index >= 15 is 0 Å². The van der Waals surface area contributed by atoms with Gasteiger partial charge in [0.05, 0.1) is 18.4 Å². The van der Waals surface area contributed by atoms with E-state index in [0.29, 0.717) is 11.0 Å². The van der Waals surface area contributed by atoms with Gasteiger partial charge in [0.15, 0.2) is 23.1 Å². The molecule has 10 heteroatoms. The average molecular weight is 397 g/mol. The fraction of sp³-hybridized carbons (Fsp3) is 0.105. The summed E-state index contributed by atoms with van der Waals surface area (Å²) in [5.41, 5.74) is 0.169. The molecule has 0 aliphatic rings.